The standard InChI is InChI=1S/C30H28ClN3O3/c1-3-37-28(35)26-25(32-19-22-14-10-11-17-24(22)31)18-30(27(26)21-12-6-4-7-13-21)20(2)33-34(29(30)36)23-15-8-5-9-16-23/h4-17,27,32H,3,18-19H2,1-2H3. The summed E-state index contributed by atoms with van der Waals surface area (Å²) in [6.45, 7) is 4.28. The first-order valence-corrected chi connectivity index (χ1v) is 12.7. The van der Waals surface area contributed by atoms with Crippen LogP contribution in [-0.2, 0) is 20.9 Å². The van der Waals surface area contributed by atoms with Crippen LogP contribution in [0.4, 0.5) is 5.69 Å². The SMILES string of the molecule is CCOC(=O)C1=C(NCc2ccccc2Cl)CC2(C(=O)N(c3ccccc3)N=C2C)C1c1ccccc1. The Morgan fingerprint density at radius 2 is 1.70 bits per heavy atom. The average Bonchev–Trinajstić information content (AvgIpc) is 3.40. The fourth-order valence-corrected chi connectivity index (χ4v) is 5.56. The Balaban J connectivity index is 1.63. The van der Waals surface area contributed by atoms with E-state index in [9.17, 15) is 9.59 Å². The number of benzene rings is 3. The normalized spacial score (nSPS) is 20.9. The Bertz CT molecular complexity index is 1390. The second-order valence-electron chi connectivity index (χ2n) is 9.19. The van der Waals surface area contributed by atoms with Gasteiger partial charge in [0.25, 0.3) is 5.91 Å². The molecule has 2 unspecified atom stereocenters. The third-order valence-corrected chi connectivity index (χ3v) is 7.48. The number of nitrogens with one attached hydrogen (secondary N) is 1. The summed E-state index contributed by atoms with van der Waals surface area (Å²) in [6, 6.07) is 26.6. The van der Waals surface area contributed by atoms with Crippen LogP contribution < -0.4 is 10.3 Å². The van der Waals surface area contributed by atoms with Crippen LogP contribution in [0.1, 0.15) is 37.3 Å². The number of esters is 1. The quantitative estimate of drug-likeness (QED) is 0.403. The first-order chi connectivity index (χ1) is 18.0. The van der Waals surface area contributed by atoms with Gasteiger partial charge < -0.3 is 10.1 Å². The summed E-state index contributed by atoms with van der Waals surface area (Å²) < 4.78 is 5.54. The van der Waals surface area contributed by atoms with E-state index in [-0.39, 0.29) is 12.5 Å². The fourth-order valence-electron chi connectivity index (χ4n) is 5.35. The first kappa shape index (κ1) is 24.8. The number of allylic oxidation sites excluding steroid dienone is 1. The molecule has 6 nitrogen and oxygen atoms in total. The number of hydrogen-bond donors (Lipinski definition) is 1. The third kappa shape index (κ3) is 4.31. The molecule has 0 saturated heterocycles. The second-order valence-corrected chi connectivity index (χ2v) is 9.59. The van der Waals surface area contributed by atoms with Crippen LogP contribution in [0, 0.1) is 5.41 Å². The Kier molecular flexibility index (Phi) is 6.85. The number of para-hydroxylation sites is 1. The predicted octanol–water partition coefficient (Wildman–Crippen LogP) is 5.84. The molecule has 5 rings (SSSR count). The number of nitrogens with zero attached hydrogens (tertiary/aromatic N) is 2. The second kappa shape index (κ2) is 10.2. The molecule has 0 bridgehead atoms. The molecule has 37 heavy (non-hydrogen) atoms. The molecule has 0 radical (unpaired) electrons. The highest BCUT2D eigenvalue weighted by atomic mass is 35.5. The van der Waals surface area contributed by atoms with E-state index in [1.807, 2.05) is 91.9 Å². The summed E-state index contributed by atoms with van der Waals surface area (Å²) in [5.74, 6) is -1.17. The number of ether oxygens (including phenoxy) is 1. The van der Waals surface area contributed by atoms with Crippen LogP contribution in [0.2, 0.25) is 5.02 Å². The molecule has 2 aliphatic rings. The molecule has 2 atom stereocenters. The zero-order valence-corrected chi connectivity index (χ0v) is 21.5. The zero-order valence-electron chi connectivity index (χ0n) is 20.8. The summed E-state index contributed by atoms with van der Waals surface area (Å²) >= 11 is 6.41. The lowest BCUT2D eigenvalue weighted by Gasteiger charge is -2.31. The molecule has 3 aromatic rings. The van der Waals surface area contributed by atoms with Gasteiger partial charge in [-0.05, 0) is 43.2 Å². The average molecular weight is 514 g/mol. The van der Waals surface area contributed by atoms with E-state index in [1.54, 1.807) is 6.92 Å². The largest absolute Gasteiger partial charge is 0.463 e. The molecule has 1 heterocycles. The van der Waals surface area contributed by atoms with Gasteiger partial charge in [-0.15, -0.1) is 0 Å². The Hall–Kier alpha value is -3.90. The van der Waals surface area contributed by atoms with Crippen LogP contribution in [-0.4, -0.2) is 24.2 Å². The van der Waals surface area contributed by atoms with Gasteiger partial charge in [-0.2, -0.15) is 10.1 Å². The van der Waals surface area contributed by atoms with Crippen molar-refractivity contribution >= 4 is 34.9 Å². The van der Waals surface area contributed by atoms with Crippen LogP contribution >= 0.6 is 11.6 Å². The number of anilines is 1. The number of rotatable bonds is 7. The maximum absolute atomic E-state index is 14.3. The van der Waals surface area contributed by atoms with Crippen LogP contribution in [0.15, 0.2) is 101 Å². The number of amides is 1. The van der Waals surface area contributed by atoms with Gasteiger partial charge >= 0.3 is 5.97 Å². The van der Waals surface area contributed by atoms with Crippen molar-refractivity contribution in [1.82, 2.24) is 5.32 Å². The Morgan fingerprint density at radius 1 is 1.05 bits per heavy atom. The van der Waals surface area contributed by atoms with Crippen LogP contribution in [0.3, 0.4) is 0 Å². The minimum atomic E-state index is -1.07. The predicted molar refractivity (Wildman–Crippen MR) is 145 cm³/mol. The summed E-state index contributed by atoms with van der Waals surface area (Å²) in [7, 11) is 0. The maximum Gasteiger partial charge on any atom is 0.336 e. The first-order valence-electron chi connectivity index (χ1n) is 12.3. The zero-order chi connectivity index (χ0) is 26.0. The number of carbonyl (C=O) groups excluding carboxylic acids is 2. The van der Waals surface area contributed by atoms with E-state index in [0.29, 0.717) is 40.7 Å². The number of carbonyl (C=O) groups is 2. The van der Waals surface area contributed by atoms with E-state index in [4.69, 9.17) is 21.4 Å². The van der Waals surface area contributed by atoms with Gasteiger partial charge in [-0.1, -0.05) is 78.3 Å². The van der Waals surface area contributed by atoms with Crippen LogP contribution in [0.25, 0.3) is 0 Å². The van der Waals surface area contributed by atoms with E-state index in [0.717, 1.165) is 11.1 Å². The van der Waals surface area contributed by atoms with Crippen molar-refractivity contribution in [1.29, 1.82) is 0 Å². The summed E-state index contributed by atoms with van der Waals surface area (Å²) in [5, 5.41) is 10.3. The summed E-state index contributed by atoms with van der Waals surface area (Å²) in [5.41, 5.74) is 3.16. The van der Waals surface area contributed by atoms with Crippen molar-refractivity contribution in [2.75, 3.05) is 11.6 Å². The molecule has 1 amide bonds. The Morgan fingerprint density at radius 3 is 2.38 bits per heavy atom. The van der Waals surface area contributed by atoms with Crippen molar-refractivity contribution in [3.05, 3.63) is 112 Å². The molecule has 1 spiro atoms. The third-order valence-electron chi connectivity index (χ3n) is 7.11. The van der Waals surface area contributed by atoms with E-state index in [2.05, 4.69) is 5.32 Å². The van der Waals surface area contributed by atoms with Gasteiger partial charge in [-0.25, -0.2) is 4.79 Å². The van der Waals surface area contributed by atoms with Crippen molar-refractivity contribution < 1.29 is 14.3 Å². The molecule has 0 saturated carbocycles. The van der Waals surface area contributed by atoms with E-state index in [1.165, 1.54) is 5.01 Å². The highest BCUT2D eigenvalue weighted by Gasteiger charge is 2.61. The van der Waals surface area contributed by atoms with Crippen LogP contribution in [0.5, 0.6) is 0 Å². The number of halogens is 1. The van der Waals surface area contributed by atoms with Gasteiger partial charge in [-0.3, -0.25) is 4.79 Å². The summed E-state index contributed by atoms with van der Waals surface area (Å²) in [4.78, 5) is 27.8. The lowest BCUT2D eigenvalue weighted by atomic mass is 9.68. The van der Waals surface area contributed by atoms with Gasteiger partial charge in [0.15, 0.2) is 0 Å². The van der Waals surface area contributed by atoms with Crippen molar-refractivity contribution in [2.45, 2.75) is 32.7 Å². The number of hydrogen-bond acceptors (Lipinski definition) is 5. The molecule has 188 valence electrons. The molecule has 3 aromatic carbocycles. The minimum Gasteiger partial charge on any atom is -0.463 e. The fraction of sp³-hybridized carbons (Fsp3) is 0.233. The molecule has 0 aromatic heterocycles. The smallest absolute Gasteiger partial charge is 0.336 e. The van der Waals surface area contributed by atoms with E-state index >= 15 is 0 Å². The monoisotopic (exact) mass is 513 g/mol. The lowest BCUT2D eigenvalue weighted by Crippen LogP contribution is -2.43. The van der Waals surface area contributed by atoms with Crippen molar-refractivity contribution in [3.63, 3.8) is 0 Å². The highest BCUT2D eigenvalue weighted by molar-refractivity contribution is 6.31. The highest BCUT2D eigenvalue weighted by Crippen LogP contribution is 2.56. The lowest BCUT2D eigenvalue weighted by molar-refractivity contribution is -0.139. The van der Waals surface area contributed by atoms with Crippen molar-refractivity contribution in [2.24, 2.45) is 10.5 Å². The topological polar surface area (TPSA) is 71.0 Å². The van der Waals surface area contributed by atoms with E-state index < -0.39 is 17.3 Å². The van der Waals surface area contributed by atoms with Gasteiger partial charge in [0.1, 0.15) is 5.41 Å². The van der Waals surface area contributed by atoms with Gasteiger partial charge in [0, 0.05) is 29.6 Å². The van der Waals surface area contributed by atoms with Gasteiger partial charge in [0.2, 0.25) is 0 Å². The molecular weight excluding hydrogens is 486 g/mol. The molecular formula is C30H28ClN3O3. The Labute approximate surface area is 221 Å². The molecule has 1 aliphatic heterocycles. The maximum atomic E-state index is 14.3. The molecule has 1 N–H and O–H groups in total. The van der Waals surface area contributed by atoms with Crippen molar-refractivity contribution in [3.8, 4) is 0 Å². The van der Waals surface area contributed by atoms with Gasteiger partial charge in [0.05, 0.1) is 23.6 Å². The number of hydrazone groups is 1. The molecule has 1 aliphatic carbocycles. The minimum absolute atomic E-state index is 0.165. The molecule has 7 heteroatoms. The summed E-state index contributed by atoms with van der Waals surface area (Å²) in [6.07, 6.45) is 0.294. The molecule has 0 fully saturated rings.